The van der Waals surface area contributed by atoms with Crippen LogP contribution < -0.4 is 0 Å². The summed E-state index contributed by atoms with van der Waals surface area (Å²) in [5.41, 5.74) is 0. The molecule has 0 saturated heterocycles. The summed E-state index contributed by atoms with van der Waals surface area (Å²) in [6.07, 6.45) is 6.30. The molecule has 3 saturated carbocycles. The van der Waals surface area contributed by atoms with Gasteiger partial charge in [0.2, 0.25) is 0 Å². The van der Waals surface area contributed by atoms with Crippen LogP contribution in [0, 0.1) is 35.5 Å². The molecule has 0 radical (unpaired) electrons. The second kappa shape index (κ2) is 2.27. The molecule has 3 aliphatic rings. The zero-order valence-corrected chi connectivity index (χ0v) is 8.29. The third-order valence-corrected chi connectivity index (χ3v) is 5.03. The first-order valence-electron chi connectivity index (χ1n) is 5.75. The lowest BCUT2D eigenvalue weighted by Gasteiger charge is -2.29. The van der Waals surface area contributed by atoms with Crippen LogP contribution in [0.2, 0.25) is 0 Å². The summed E-state index contributed by atoms with van der Waals surface area (Å²) in [6, 6.07) is 0. The highest BCUT2D eigenvalue weighted by Gasteiger charge is 2.53. The van der Waals surface area contributed by atoms with Crippen molar-refractivity contribution in [2.75, 3.05) is 0 Å². The van der Waals surface area contributed by atoms with Crippen LogP contribution in [0.3, 0.4) is 0 Å². The Morgan fingerprint density at radius 2 is 1.50 bits per heavy atom. The molecule has 2 bridgehead atoms. The molecule has 0 nitrogen and oxygen atoms in total. The van der Waals surface area contributed by atoms with E-state index in [1.54, 1.807) is 25.7 Å². The first-order chi connectivity index (χ1) is 5.75. The van der Waals surface area contributed by atoms with E-state index in [9.17, 15) is 0 Å². The highest BCUT2D eigenvalue weighted by molar-refractivity contribution is 5.02. The van der Waals surface area contributed by atoms with E-state index in [0.29, 0.717) is 0 Å². The third-order valence-electron chi connectivity index (χ3n) is 5.03. The molecule has 68 valence electrons. The van der Waals surface area contributed by atoms with Gasteiger partial charge < -0.3 is 0 Å². The van der Waals surface area contributed by atoms with Crippen molar-refractivity contribution in [2.24, 2.45) is 35.5 Å². The molecule has 3 fully saturated rings. The number of hydrogen-bond donors (Lipinski definition) is 0. The maximum atomic E-state index is 2.49. The Hall–Kier alpha value is 0. The van der Waals surface area contributed by atoms with Crippen LogP contribution >= 0.6 is 0 Å². The van der Waals surface area contributed by atoms with E-state index in [4.69, 9.17) is 0 Å². The van der Waals surface area contributed by atoms with Crippen LogP contribution in [0.4, 0.5) is 0 Å². The Balaban J connectivity index is 1.86. The highest BCUT2D eigenvalue weighted by atomic mass is 14.6. The Bertz CT molecular complexity index is 192. The molecule has 0 aromatic heterocycles. The van der Waals surface area contributed by atoms with E-state index >= 15 is 0 Å². The summed E-state index contributed by atoms with van der Waals surface area (Å²) in [5, 5.41) is 0. The fourth-order valence-corrected chi connectivity index (χ4v) is 4.69. The van der Waals surface area contributed by atoms with Gasteiger partial charge in [-0.15, -0.1) is 0 Å². The standard InChI is InChI=1S/C12H20/c1-7-3-11-9-5-8(2)10(6-9)12(11)4-7/h7-12H,3-6H2,1-2H3/t7-,8+,9-,10-,11+,12+/m1/s1. The number of hydrogen-bond acceptors (Lipinski definition) is 0. The van der Waals surface area contributed by atoms with Crippen LogP contribution in [0.1, 0.15) is 39.5 Å². The predicted octanol–water partition coefficient (Wildman–Crippen LogP) is 3.32. The van der Waals surface area contributed by atoms with E-state index in [0.717, 1.165) is 29.6 Å². The van der Waals surface area contributed by atoms with Crippen molar-refractivity contribution in [1.82, 2.24) is 0 Å². The lowest BCUT2D eigenvalue weighted by atomic mass is 9.77. The second-order valence-electron chi connectivity index (χ2n) is 5.78. The lowest BCUT2D eigenvalue weighted by Crippen LogP contribution is -2.22. The third kappa shape index (κ3) is 0.791. The zero-order chi connectivity index (χ0) is 8.29. The topological polar surface area (TPSA) is 0 Å². The number of rotatable bonds is 0. The van der Waals surface area contributed by atoms with Gasteiger partial charge in [-0.1, -0.05) is 13.8 Å². The van der Waals surface area contributed by atoms with E-state index in [-0.39, 0.29) is 0 Å². The summed E-state index contributed by atoms with van der Waals surface area (Å²) in [5.74, 6) is 6.75. The maximum absolute atomic E-state index is 2.49. The molecule has 3 aliphatic carbocycles. The fourth-order valence-electron chi connectivity index (χ4n) is 4.69. The van der Waals surface area contributed by atoms with Crippen molar-refractivity contribution in [3.63, 3.8) is 0 Å². The SMILES string of the molecule is C[C@H]1C[C@@H]2[C@@H](C1)[C@H]1C[C@@H]2[C@@H](C)C1. The quantitative estimate of drug-likeness (QED) is 0.515. The molecule has 0 N–H and O–H groups in total. The van der Waals surface area contributed by atoms with Gasteiger partial charge in [-0.3, -0.25) is 0 Å². The number of fused-ring (bicyclic) bond motifs is 5. The van der Waals surface area contributed by atoms with Gasteiger partial charge in [0.05, 0.1) is 0 Å². The molecule has 0 aromatic rings. The van der Waals surface area contributed by atoms with Gasteiger partial charge in [-0.25, -0.2) is 0 Å². The van der Waals surface area contributed by atoms with Crippen molar-refractivity contribution in [3.8, 4) is 0 Å². The predicted molar refractivity (Wildman–Crippen MR) is 50.8 cm³/mol. The van der Waals surface area contributed by atoms with Gasteiger partial charge in [0.15, 0.2) is 0 Å². The van der Waals surface area contributed by atoms with Crippen LogP contribution in [0.5, 0.6) is 0 Å². The van der Waals surface area contributed by atoms with E-state index in [1.807, 2.05) is 0 Å². The normalized spacial score (nSPS) is 62.5. The smallest absolute Gasteiger partial charge is 0.0349 e. The summed E-state index contributed by atoms with van der Waals surface area (Å²) in [6.45, 7) is 4.95. The van der Waals surface area contributed by atoms with Crippen molar-refractivity contribution in [2.45, 2.75) is 39.5 Å². The van der Waals surface area contributed by atoms with E-state index < -0.39 is 0 Å². The van der Waals surface area contributed by atoms with Gasteiger partial charge in [-0.05, 0) is 61.2 Å². The molecule has 0 heterocycles. The fraction of sp³-hybridized carbons (Fsp3) is 1.00. The minimum absolute atomic E-state index is 1.05. The van der Waals surface area contributed by atoms with Crippen LogP contribution in [0.25, 0.3) is 0 Å². The first kappa shape index (κ1) is 7.41. The van der Waals surface area contributed by atoms with Gasteiger partial charge in [-0.2, -0.15) is 0 Å². The molecule has 0 amide bonds. The van der Waals surface area contributed by atoms with Gasteiger partial charge in [0, 0.05) is 0 Å². The monoisotopic (exact) mass is 164 g/mol. The molecule has 0 aromatic carbocycles. The molecule has 3 rings (SSSR count). The highest BCUT2D eigenvalue weighted by Crippen LogP contribution is 2.61. The Labute approximate surface area is 75.7 Å². The molecule has 0 aliphatic heterocycles. The molecule has 6 atom stereocenters. The van der Waals surface area contributed by atoms with Crippen molar-refractivity contribution in [1.29, 1.82) is 0 Å². The lowest BCUT2D eigenvalue weighted by molar-refractivity contribution is 0.201. The summed E-state index contributed by atoms with van der Waals surface area (Å²) >= 11 is 0. The largest absolute Gasteiger partial charge is 0.0625 e. The van der Waals surface area contributed by atoms with E-state index in [1.165, 1.54) is 5.92 Å². The summed E-state index contributed by atoms with van der Waals surface area (Å²) in [4.78, 5) is 0. The van der Waals surface area contributed by atoms with Crippen molar-refractivity contribution < 1.29 is 0 Å². The summed E-state index contributed by atoms with van der Waals surface area (Å²) in [7, 11) is 0. The molecule has 0 unspecified atom stereocenters. The molecule has 0 spiro atoms. The van der Waals surface area contributed by atoms with Crippen LogP contribution in [0.15, 0.2) is 0 Å². The Morgan fingerprint density at radius 3 is 2.33 bits per heavy atom. The van der Waals surface area contributed by atoms with Crippen molar-refractivity contribution in [3.05, 3.63) is 0 Å². The van der Waals surface area contributed by atoms with Gasteiger partial charge in [0.1, 0.15) is 0 Å². The van der Waals surface area contributed by atoms with Gasteiger partial charge >= 0.3 is 0 Å². The van der Waals surface area contributed by atoms with E-state index in [2.05, 4.69) is 13.8 Å². The molecule has 12 heavy (non-hydrogen) atoms. The maximum Gasteiger partial charge on any atom is -0.0349 e. The van der Waals surface area contributed by atoms with Crippen molar-refractivity contribution >= 4 is 0 Å². The van der Waals surface area contributed by atoms with Gasteiger partial charge in [0.25, 0.3) is 0 Å². The molecular weight excluding hydrogens is 144 g/mol. The second-order valence-corrected chi connectivity index (χ2v) is 5.78. The molecular formula is C12H20. The average molecular weight is 164 g/mol. The van der Waals surface area contributed by atoms with Crippen LogP contribution in [-0.2, 0) is 0 Å². The Morgan fingerprint density at radius 1 is 0.750 bits per heavy atom. The first-order valence-corrected chi connectivity index (χ1v) is 5.75. The summed E-state index contributed by atoms with van der Waals surface area (Å²) < 4.78 is 0. The van der Waals surface area contributed by atoms with Crippen LogP contribution in [-0.4, -0.2) is 0 Å². The minimum atomic E-state index is 1.05. The zero-order valence-electron chi connectivity index (χ0n) is 8.29. The average Bonchev–Trinajstić information content (AvgIpc) is 2.57. The Kier molecular flexibility index (Phi) is 1.40. The molecule has 0 heteroatoms. The minimum Gasteiger partial charge on any atom is -0.0625 e.